The molecule has 3 aromatic carbocycles. The highest BCUT2D eigenvalue weighted by Gasteiger charge is 2.30. The van der Waals surface area contributed by atoms with Gasteiger partial charge < -0.3 is 5.32 Å². The summed E-state index contributed by atoms with van der Waals surface area (Å²) in [7, 11) is -3.68. The first-order chi connectivity index (χ1) is 14.4. The minimum absolute atomic E-state index is 0.0900. The lowest BCUT2D eigenvalue weighted by Gasteiger charge is -2.32. The summed E-state index contributed by atoms with van der Waals surface area (Å²) in [6.07, 6.45) is 0. The lowest BCUT2D eigenvalue weighted by molar-refractivity contribution is 0.327. The highest BCUT2D eigenvalue weighted by Crippen LogP contribution is 2.25. The molecule has 5 heteroatoms. The first-order valence-corrected chi connectivity index (χ1v) is 11.8. The monoisotopic (exact) mass is 422 g/mol. The summed E-state index contributed by atoms with van der Waals surface area (Å²) in [5.41, 5.74) is 3.13. The van der Waals surface area contributed by atoms with Crippen LogP contribution >= 0.6 is 0 Å². The summed E-state index contributed by atoms with van der Waals surface area (Å²) >= 11 is 0. The second kappa shape index (κ2) is 10.0. The van der Waals surface area contributed by atoms with E-state index in [-0.39, 0.29) is 16.9 Å². The van der Waals surface area contributed by atoms with Crippen molar-refractivity contribution in [2.75, 3.05) is 0 Å². The molecule has 0 bridgehead atoms. The highest BCUT2D eigenvalue weighted by atomic mass is 32.2. The van der Waals surface area contributed by atoms with Gasteiger partial charge in [-0.05, 0) is 36.1 Å². The molecule has 0 aromatic heterocycles. The smallest absolute Gasteiger partial charge is 0.241 e. The lowest BCUT2D eigenvalue weighted by Crippen LogP contribution is -2.46. The van der Waals surface area contributed by atoms with Gasteiger partial charge in [0.05, 0.1) is 10.9 Å². The van der Waals surface area contributed by atoms with E-state index in [0.29, 0.717) is 6.54 Å². The Morgan fingerprint density at radius 2 is 1.37 bits per heavy atom. The van der Waals surface area contributed by atoms with Crippen LogP contribution in [0.25, 0.3) is 0 Å². The van der Waals surface area contributed by atoms with Crippen LogP contribution in [0.5, 0.6) is 0 Å². The van der Waals surface area contributed by atoms with E-state index in [0.717, 1.165) is 16.7 Å². The van der Waals surface area contributed by atoms with Gasteiger partial charge in [0.2, 0.25) is 10.0 Å². The Morgan fingerprint density at radius 3 is 1.93 bits per heavy atom. The molecule has 3 aromatic rings. The Bertz CT molecular complexity index is 1020. The number of sulfonamides is 1. The third kappa shape index (κ3) is 5.79. The minimum atomic E-state index is -3.68. The van der Waals surface area contributed by atoms with Crippen LogP contribution < -0.4 is 10.0 Å². The maximum absolute atomic E-state index is 13.2. The topological polar surface area (TPSA) is 58.2 Å². The van der Waals surface area contributed by atoms with Gasteiger partial charge in [-0.2, -0.15) is 0 Å². The maximum atomic E-state index is 13.2. The zero-order valence-electron chi connectivity index (χ0n) is 17.7. The fourth-order valence-electron chi connectivity index (χ4n) is 3.53. The van der Waals surface area contributed by atoms with Crippen molar-refractivity contribution in [3.05, 3.63) is 102 Å². The number of hydrogen-bond donors (Lipinski definition) is 2. The van der Waals surface area contributed by atoms with Crippen molar-refractivity contribution in [1.29, 1.82) is 0 Å². The van der Waals surface area contributed by atoms with Gasteiger partial charge in [-0.25, -0.2) is 13.1 Å². The molecule has 0 unspecified atom stereocenters. The molecular weight excluding hydrogens is 392 g/mol. The third-order valence-corrected chi connectivity index (χ3v) is 6.69. The molecule has 0 fully saturated rings. The van der Waals surface area contributed by atoms with E-state index in [1.54, 1.807) is 12.1 Å². The maximum Gasteiger partial charge on any atom is 0.241 e. The zero-order valence-corrected chi connectivity index (χ0v) is 18.6. The fourth-order valence-corrected chi connectivity index (χ4v) is 4.78. The molecule has 0 spiro atoms. The lowest BCUT2D eigenvalue weighted by atomic mass is 9.91. The van der Waals surface area contributed by atoms with Crippen LogP contribution in [0.3, 0.4) is 0 Å². The second-order valence-corrected chi connectivity index (χ2v) is 9.67. The number of benzene rings is 3. The summed E-state index contributed by atoms with van der Waals surface area (Å²) in [6.45, 7) is 6.83. The predicted molar refractivity (Wildman–Crippen MR) is 123 cm³/mol. The van der Waals surface area contributed by atoms with Crippen LogP contribution in [0, 0.1) is 12.8 Å². The van der Waals surface area contributed by atoms with Crippen molar-refractivity contribution in [3.8, 4) is 0 Å². The molecule has 4 nitrogen and oxygen atoms in total. The number of hydrogen-bond acceptors (Lipinski definition) is 3. The van der Waals surface area contributed by atoms with E-state index >= 15 is 0 Å². The van der Waals surface area contributed by atoms with Gasteiger partial charge in [0.1, 0.15) is 0 Å². The fraction of sp³-hybridized carbons (Fsp3) is 0.280. The Hall–Kier alpha value is -2.47. The van der Waals surface area contributed by atoms with Gasteiger partial charge in [0.15, 0.2) is 0 Å². The van der Waals surface area contributed by atoms with Crippen molar-refractivity contribution >= 4 is 10.0 Å². The largest absolute Gasteiger partial charge is 0.308 e. The minimum Gasteiger partial charge on any atom is -0.308 e. The van der Waals surface area contributed by atoms with Crippen LogP contribution in [0.15, 0.2) is 89.8 Å². The van der Waals surface area contributed by atoms with E-state index in [1.807, 2.05) is 67.6 Å². The number of nitrogens with one attached hydrogen (secondary N) is 2. The summed E-state index contributed by atoms with van der Waals surface area (Å²) in [5.74, 6) is 0.208. The van der Waals surface area contributed by atoms with E-state index in [2.05, 4.69) is 36.0 Å². The molecule has 0 saturated heterocycles. The molecular formula is C25H30N2O2S. The standard InChI is InChI=1S/C25H30N2O2S/c1-19(2)24(26-18-21-10-6-4-7-11-21)25(22-12-8-5-9-13-22)27-30(28,29)23-16-14-20(3)15-17-23/h4-17,19,24-27H,18H2,1-3H3/t24-,25-/m1/s1. The van der Waals surface area contributed by atoms with Crippen molar-refractivity contribution in [2.45, 2.75) is 44.3 Å². The first kappa shape index (κ1) is 22.2. The summed E-state index contributed by atoms with van der Waals surface area (Å²) in [6, 6.07) is 26.4. The van der Waals surface area contributed by atoms with Gasteiger partial charge in [-0.3, -0.25) is 0 Å². The molecule has 0 aliphatic rings. The summed E-state index contributed by atoms with van der Waals surface area (Å²) in [5, 5.41) is 3.59. The van der Waals surface area contributed by atoms with Crippen molar-refractivity contribution in [1.82, 2.24) is 10.0 Å². The van der Waals surface area contributed by atoms with Gasteiger partial charge >= 0.3 is 0 Å². The van der Waals surface area contributed by atoms with Crippen LogP contribution in [0.2, 0.25) is 0 Å². The normalized spacial score (nSPS) is 13.9. The molecule has 0 aliphatic heterocycles. The van der Waals surface area contributed by atoms with Crippen LogP contribution in [0.1, 0.15) is 36.6 Å². The molecule has 2 atom stereocenters. The third-order valence-electron chi connectivity index (χ3n) is 5.23. The van der Waals surface area contributed by atoms with Crippen molar-refractivity contribution < 1.29 is 8.42 Å². The first-order valence-electron chi connectivity index (χ1n) is 10.3. The molecule has 0 heterocycles. The number of rotatable bonds is 9. The molecule has 0 aliphatic carbocycles. The average molecular weight is 423 g/mol. The SMILES string of the molecule is Cc1ccc(S(=O)(=O)N[C@H](c2ccccc2)[C@H](NCc2ccccc2)C(C)C)cc1. The second-order valence-electron chi connectivity index (χ2n) is 7.96. The molecule has 3 rings (SSSR count). The average Bonchev–Trinajstić information content (AvgIpc) is 2.74. The van der Waals surface area contributed by atoms with Gasteiger partial charge in [0, 0.05) is 12.6 Å². The van der Waals surface area contributed by atoms with Crippen molar-refractivity contribution in [2.24, 2.45) is 5.92 Å². The molecule has 0 saturated carbocycles. The van der Waals surface area contributed by atoms with Crippen LogP contribution in [0.4, 0.5) is 0 Å². The molecule has 0 amide bonds. The van der Waals surface area contributed by atoms with Crippen LogP contribution in [-0.4, -0.2) is 14.5 Å². The van der Waals surface area contributed by atoms with Crippen LogP contribution in [-0.2, 0) is 16.6 Å². The zero-order chi connectivity index (χ0) is 21.6. The number of aryl methyl sites for hydroxylation is 1. The summed E-state index contributed by atoms with van der Waals surface area (Å²) < 4.78 is 29.4. The Balaban J connectivity index is 1.91. The quantitative estimate of drug-likeness (QED) is 0.519. The van der Waals surface area contributed by atoms with E-state index in [1.165, 1.54) is 0 Å². The van der Waals surface area contributed by atoms with E-state index < -0.39 is 16.1 Å². The Kier molecular flexibility index (Phi) is 7.43. The van der Waals surface area contributed by atoms with Gasteiger partial charge in [-0.1, -0.05) is 92.2 Å². The molecule has 30 heavy (non-hydrogen) atoms. The predicted octanol–water partition coefficient (Wildman–Crippen LogP) is 4.83. The summed E-state index contributed by atoms with van der Waals surface area (Å²) in [4.78, 5) is 0.277. The molecule has 158 valence electrons. The van der Waals surface area contributed by atoms with E-state index in [9.17, 15) is 8.42 Å². The van der Waals surface area contributed by atoms with E-state index in [4.69, 9.17) is 0 Å². The molecule has 0 radical (unpaired) electrons. The Morgan fingerprint density at radius 1 is 0.800 bits per heavy atom. The van der Waals surface area contributed by atoms with Gasteiger partial charge in [0.25, 0.3) is 0 Å². The highest BCUT2D eigenvalue weighted by molar-refractivity contribution is 7.89. The van der Waals surface area contributed by atoms with Gasteiger partial charge in [-0.15, -0.1) is 0 Å². The molecule has 2 N–H and O–H groups in total. The van der Waals surface area contributed by atoms with Crippen molar-refractivity contribution in [3.63, 3.8) is 0 Å². The Labute approximate surface area is 180 Å².